The van der Waals surface area contributed by atoms with Gasteiger partial charge in [-0.2, -0.15) is 18.4 Å². The molecule has 4 rings (SSSR count). The Morgan fingerprint density at radius 2 is 1.93 bits per heavy atom. The molecule has 2 aromatic rings. The maximum Gasteiger partial charge on any atom is 0.417 e. The molecule has 2 unspecified atom stereocenters. The number of anilines is 2. The van der Waals surface area contributed by atoms with Crippen LogP contribution in [0.4, 0.5) is 24.7 Å². The summed E-state index contributed by atoms with van der Waals surface area (Å²) in [4.78, 5) is 22.5. The van der Waals surface area contributed by atoms with Gasteiger partial charge in [-0.1, -0.05) is 0 Å². The van der Waals surface area contributed by atoms with Crippen LogP contribution in [0.3, 0.4) is 0 Å². The summed E-state index contributed by atoms with van der Waals surface area (Å²) in [6.45, 7) is 1.38. The maximum absolute atomic E-state index is 13.2. The van der Waals surface area contributed by atoms with Crippen LogP contribution in [0.15, 0.2) is 30.6 Å². The molecule has 6 nitrogen and oxygen atoms in total. The lowest BCUT2D eigenvalue weighted by Gasteiger charge is -2.27. The predicted molar refractivity (Wildman–Crippen MR) is 94.6 cm³/mol. The molecular weight excluding hydrogens is 371 g/mol. The van der Waals surface area contributed by atoms with Gasteiger partial charge >= 0.3 is 6.18 Å². The Morgan fingerprint density at radius 1 is 1.21 bits per heavy atom. The van der Waals surface area contributed by atoms with Crippen molar-refractivity contribution in [1.29, 1.82) is 5.26 Å². The van der Waals surface area contributed by atoms with Crippen LogP contribution in [0.2, 0.25) is 0 Å². The van der Waals surface area contributed by atoms with Crippen LogP contribution in [-0.4, -0.2) is 29.0 Å². The molecule has 1 saturated heterocycles. The average molecular weight is 387 g/mol. The molecule has 28 heavy (non-hydrogen) atoms. The number of amides is 1. The molecule has 1 saturated carbocycles. The molecule has 3 heterocycles. The number of hydrogen-bond donors (Lipinski definition) is 1. The Balaban J connectivity index is 1.67. The molecule has 1 aliphatic heterocycles. The molecule has 1 amide bonds. The van der Waals surface area contributed by atoms with Crippen molar-refractivity contribution < 1.29 is 18.0 Å². The van der Waals surface area contributed by atoms with Gasteiger partial charge in [-0.3, -0.25) is 4.79 Å². The fourth-order valence-electron chi connectivity index (χ4n) is 3.73. The monoisotopic (exact) mass is 387 g/mol. The van der Waals surface area contributed by atoms with Crippen LogP contribution in [-0.2, 0) is 6.18 Å². The van der Waals surface area contributed by atoms with Gasteiger partial charge in [0, 0.05) is 31.2 Å². The van der Waals surface area contributed by atoms with Crippen molar-refractivity contribution in [3.05, 3.63) is 47.4 Å². The van der Waals surface area contributed by atoms with E-state index in [1.165, 1.54) is 18.3 Å². The lowest BCUT2D eigenvalue weighted by molar-refractivity contribution is -0.137. The number of nitrogens with zero attached hydrogens (tertiary/aromatic N) is 4. The fraction of sp³-hybridized carbons (Fsp3) is 0.368. The van der Waals surface area contributed by atoms with Crippen LogP contribution in [0.5, 0.6) is 0 Å². The Morgan fingerprint density at radius 3 is 2.54 bits per heavy atom. The Bertz CT molecular complexity index is 957. The summed E-state index contributed by atoms with van der Waals surface area (Å²) in [6, 6.07) is 5.51. The van der Waals surface area contributed by atoms with Crippen LogP contribution >= 0.6 is 0 Å². The quantitative estimate of drug-likeness (QED) is 0.872. The summed E-state index contributed by atoms with van der Waals surface area (Å²) in [7, 11) is 0. The van der Waals surface area contributed by atoms with Gasteiger partial charge in [0.05, 0.1) is 11.1 Å². The number of rotatable bonds is 3. The minimum absolute atomic E-state index is 0.0938. The van der Waals surface area contributed by atoms with Crippen LogP contribution < -0.4 is 10.2 Å². The summed E-state index contributed by atoms with van der Waals surface area (Å²) in [6.07, 6.45) is -0.298. The standard InChI is InChI=1S/C19H16F3N5O/c20-19(21,22)13-5-16(18(28)26-14-3-4-24-15(6-14)7-23)17(25-8-13)27-9-11-1-2-12(11)10-27/h3-6,8,11-12H,1-2,9-10H2,(H,24,26,28). The molecule has 2 aliphatic rings. The number of nitriles is 1. The van der Waals surface area contributed by atoms with E-state index in [0.717, 1.165) is 25.1 Å². The highest BCUT2D eigenvalue weighted by molar-refractivity contribution is 6.07. The molecule has 0 aromatic carbocycles. The number of pyridine rings is 2. The smallest absolute Gasteiger partial charge is 0.355 e. The number of alkyl halides is 3. The molecule has 144 valence electrons. The molecule has 0 bridgehead atoms. The summed E-state index contributed by atoms with van der Waals surface area (Å²) in [5, 5.41) is 11.5. The molecule has 1 aliphatic carbocycles. The molecule has 1 N–H and O–H groups in total. The third-order valence-electron chi connectivity index (χ3n) is 5.36. The van der Waals surface area contributed by atoms with Crippen molar-refractivity contribution >= 4 is 17.4 Å². The van der Waals surface area contributed by atoms with Gasteiger partial charge < -0.3 is 10.2 Å². The van der Waals surface area contributed by atoms with E-state index in [9.17, 15) is 18.0 Å². The maximum atomic E-state index is 13.2. The van der Waals surface area contributed by atoms with Gasteiger partial charge in [0.2, 0.25) is 0 Å². The summed E-state index contributed by atoms with van der Waals surface area (Å²) in [5.41, 5.74) is -0.736. The van der Waals surface area contributed by atoms with Crippen molar-refractivity contribution in [2.45, 2.75) is 19.0 Å². The molecule has 9 heteroatoms. The van der Waals surface area contributed by atoms with E-state index in [4.69, 9.17) is 5.26 Å². The van der Waals surface area contributed by atoms with Gasteiger partial charge in [0.15, 0.2) is 0 Å². The molecular formula is C19H16F3N5O. The van der Waals surface area contributed by atoms with Gasteiger partial charge in [-0.05, 0) is 42.9 Å². The number of fused-ring (bicyclic) bond motifs is 1. The van der Waals surface area contributed by atoms with Gasteiger partial charge in [-0.15, -0.1) is 0 Å². The average Bonchev–Trinajstić information content (AvgIpc) is 2.95. The Hall–Kier alpha value is -3.15. The van der Waals surface area contributed by atoms with Gasteiger partial charge in [0.1, 0.15) is 17.6 Å². The Kier molecular flexibility index (Phi) is 4.41. The first kappa shape index (κ1) is 18.2. The van der Waals surface area contributed by atoms with Crippen LogP contribution in [0.25, 0.3) is 0 Å². The van der Waals surface area contributed by atoms with E-state index in [2.05, 4.69) is 15.3 Å². The lowest BCUT2D eigenvalue weighted by atomic mass is 9.77. The van der Waals surface area contributed by atoms with E-state index >= 15 is 0 Å². The third-order valence-corrected chi connectivity index (χ3v) is 5.36. The second kappa shape index (κ2) is 6.78. The minimum atomic E-state index is -4.60. The highest BCUT2D eigenvalue weighted by Gasteiger charge is 2.41. The SMILES string of the molecule is N#Cc1cc(NC(=O)c2cc(C(F)(F)F)cnc2N2CC3CCC3C2)ccn1. The number of nitrogens with one attached hydrogen (secondary N) is 1. The van der Waals surface area contributed by atoms with Crippen LogP contribution in [0.1, 0.15) is 34.5 Å². The number of halogens is 3. The topological polar surface area (TPSA) is 81.9 Å². The van der Waals surface area contributed by atoms with Crippen LogP contribution in [0, 0.1) is 23.2 Å². The largest absolute Gasteiger partial charge is 0.417 e. The van der Waals surface area contributed by atoms with Crippen molar-refractivity contribution in [2.24, 2.45) is 11.8 Å². The number of carbonyl (C=O) groups excluding carboxylic acids is 1. The lowest BCUT2D eigenvalue weighted by Crippen LogP contribution is -2.26. The highest BCUT2D eigenvalue weighted by Crippen LogP contribution is 2.42. The summed E-state index contributed by atoms with van der Waals surface area (Å²) >= 11 is 0. The predicted octanol–water partition coefficient (Wildman–Crippen LogP) is 3.47. The minimum Gasteiger partial charge on any atom is -0.355 e. The molecule has 2 fully saturated rings. The van der Waals surface area contributed by atoms with Crippen molar-refractivity contribution in [1.82, 2.24) is 9.97 Å². The first-order valence-corrected chi connectivity index (χ1v) is 8.85. The van der Waals surface area contributed by atoms with Crippen molar-refractivity contribution in [3.8, 4) is 6.07 Å². The van der Waals surface area contributed by atoms with E-state index in [1.807, 2.05) is 11.0 Å². The molecule has 2 atom stereocenters. The summed E-state index contributed by atoms with van der Waals surface area (Å²) < 4.78 is 39.5. The number of aromatic nitrogens is 2. The van der Waals surface area contributed by atoms with Gasteiger partial charge in [0.25, 0.3) is 5.91 Å². The normalized spacial score (nSPS) is 20.9. The molecule has 0 spiro atoms. The second-order valence-corrected chi connectivity index (χ2v) is 7.09. The zero-order valence-corrected chi connectivity index (χ0v) is 14.7. The van der Waals surface area contributed by atoms with Crippen molar-refractivity contribution in [3.63, 3.8) is 0 Å². The van der Waals surface area contributed by atoms with E-state index in [0.29, 0.717) is 24.9 Å². The second-order valence-electron chi connectivity index (χ2n) is 7.09. The first-order chi connectivity index (χ1) is 13.3. The summed E-state index contributed by atoms with van der Waals surface area (Å²) in [5.74, 6) is 0.578. The Labute approximate surface area is 159 Å². The zero-order valence-electron chi connectivity index (χ0n) is 14.7. The van der Waals surface area contributed by atoms with Gasteiger partial charge in [-0.25, -0.2) is 9.97 Å². The highest BCUT2D eigenvalue weighted by atomic mass is 19.4. The first-order valence-electron chi connectivity index (χ1n) is 8.85. The van der Waals surface area contributed by atoms with E-state index in [-0.39, 0.29) is 22.8 Å². The number of carbonyl (C=O) groups is 1. The fourth-order valence-corrected chi connectivity index (χ4v) is 3.73. The number of hydrogen-bond acceptors (Lipinski definition) is 5. The van der Waals surface area contributed by atoms with Crippen molar-refractivity contribution in [2.75, 3.05) is 23.3 Å². The van der Waals surface area contributed by atoms with E-state index in [1.54, 1.807) is 0 Å². The van der Waals surface area contributed by atoms with E-state index < -0.39 is 17.6 Å². The molecule has 0 radical (unpaired) electrons. The molecule has 2 aromatic heterocycles. The third kappa shape index (κ3) is 3.38. The zero-order chi connectivity index (χ0) is 19.9.